The second-order valence-electron chi connectivity index (χ2n) is 5.09. The Morgan fingerprint density at radius 1 is 1.26 bits per heavy atom. The van der Waals surface area contributed by atoms with E-state index in [0.717, 1.165) is 0 Å². The second kappa shape index (κ2) is 6.92. The molecule has 0 bridgehead atoms. The van der Waals surface area contributed by atoms with Crippen molar-refractivity contribution in [1.29, 1.82) is 0 Å². The number of nitrogens with one attached hydrogen (secondary N) is 1. The van der Waals surface area contributed by atoms with Crippen molar-refractivity contribution in [3.05, 3.63) is 40.4 Å². The molecule has 1 fully saturated rings. The molecular formula is C13H16N2O7S. The van der Waals surface area contributed by atoms with Crippen molar-refractivity contribution in [2.24, 2.45) is 5.92 Å². The van der Waals surface area contributed by atoms with E-state index in [4.69, 9.17) is 4.74 Å². The zero-order valence-electron chi connectivity index (χ0n) is 12.2. The molecule has 0 radical (unpaired) electrons. The molecule has 23 heavy (non-hydrogen) atoms. The zero-order chi connectivity index (χ0) is 17.0. The SMILES string of the molecule is COC1CC(C(=O)NS(=O)(=O)c2ccccc2)CC1O[N+](=O)[O-]. The summed E-state index contributed by atoms with van der Waals surface area (Å²) < 4.78 is 31.3. The van der Waals surface area contributed by atoms with Crippen molar-refractivity contribution in [2.45, 2.75) is 29.9 Å². The molecule has 1 saturated carbocycles. The van der Waals surface area contributed by atoms with Crippen LogP contribution in [0.15, 0.2) is 35.2 Å². The Hall–Kier alpha value is -2.20. The van der Waals surface area contributed by atoms with Gasteiger partial charge in [-0.3, -0.25) is 4.79 Å². The smallest absolute Gasteiger partial charge is 0.294 e. The topological polar surface area (TPSA) is 125 Å². The molecular weight excluding hydrogens is 328 g/mol. The van der Waals surface area contributed by atoms with Crippen LogP contribution >= 0.6 is 0 Å². The minimum absolute atomic E-state index is 0.00955. The molecule has 0 aliphatic heterocycles. The number of sulfonamides is 1. The summed E-state index contributed by atoms with van der Waals surface area (Å²) in [6.45, 7) is 0. The third kappa shape index (κ3) is 4.17. The van der Waals surface area contributed by atoms with Gasteiger partial charge in [-0.15, -0.1) is 10.1 Å². The molecule has 3 atom stereocenters. The van der Waals surface area contributed by atoms with Crippen LogP contribution in [-0.4, -0.2) is 38.7 Å². The van der Waals surface area contributed by atoms with Crippen LogP contribution in [0, 0.1) is 16.0 Å². The van der Waals surface area contributed by atoms with Gasteiger partial charge < -0.3 is 9.57 Å². The van der Waals surface area contributed by atoms with Crippen molar-refractivity contribution in [1.82, 2.24) is 4.72 Å². The van der Waals surface area contributed by atoms with Crippen LogP contribution in [-0.2, 0) is 24.4 Å². The number of benzene rings is 1. The van der Waals surface area contributed by atoms with E-state index in [0.29, 0.717) is 0 Å². The Morgan fingerprint density at radius 3 is 2.43 bits per heavy atom. The molecule has 10 heteroatoms. The fourth-order valence-electron chi connectivity index (χ4n) is 2.52. The number of carbonyl (C=O) groups is 1. The zero-order valence-corrected chi connectivity index (χ0v) is 13.1. The van der Waals surface area contributed by atoms with Crippen LogP contribution in [0.25, 0.3) is 0 Å². The first kappa shape index (κ1) is 17.2. The van der Waals surface area contributed by atoms with E-state index in [1.54, 1.807) is 6.07 Å². The number of ether oxygens (including phenoxy) is 1. The third-order valence-electron chi connectivity index (χ3n) is 3.63. The van der Waals surface area contributed by atoms with Gasteiger partial charge >= 0.3 is 0 Å². The summed E-state index contributed by atoms with van der Waals surface area (Å²) in [6.07, 6.45) is -1.39. The van der Waals surface area contributed by atoms with E-state index >= 15 is 0 Å². The first-order chi connectivity index (χ1) is 10.8. The molecule has 0 aromatic heterocycles. The van der Waals surface area contributed by atoms with Crippen LogP contribution in [0.5, 0.6) is 0 Å². The summed E-state index contributed by atoms with van der Waals surface area (Å²) in [5.41, 5.74) is 0. The molecule has 3 unspecified atom stereocenters. The second-order valence-corrected chi connectivity index (χ2v) is 6.78. The molecule has 1 aliphatic carbocycles. The highest BCUT2D eigenvalue weighted by Gasteiger charge is 2.41. The fourth-order valence-corrected chi connectivity index (χ4v) is 3.58. The monoisotopic (exact) mass is 344 g/mol. The Morgan fingerprint density at radius 2 is 1.87 bits per heavy atom. The van der Waals surface area contributed by atoms with E-state index in [-0.39, 0.29) is 17.7 Å². The predicted molar refractivity (Wildman–Crippen MR) is 77.2 cm³/mol. The van der Waals surface area contributed by atoms with Gasteiger partial charge in [-0.25, -0.2) is 13.1 Å². The number of nitrogens with zero attached hydrogens (tertiary/aromatic N) is 1. The first-order valence-corrected chi connectivity index (χ1v) is 8.27. The largest absolute Gasteiger partial charge is 0.379 e. The average Bonchev–Trinajstić information content (AvgIpc) is 2.90. The highest BCUT2D eigenvalue weighted by molar-refractivity contribution is 7.90. The molecule has 1 aromatic carbocycles. The molecule has 0 spiro atoms. The lowest BCUT2D eigenvalue weighted by atomic mass is 10.1. The van der Waals surface area contributed by atoms with Crippen molar-refractivity contribution < 1.29 is 27.9 Å². The van der Waals surface area contributed by atoms with Crippen LogP contribution in [0.1, 0.15) is 12.8 Å². The van der Waals surface area contributed by atoms with E-state index in [2.05, 4.69) is 4.84 Å². The molecule has 1 N–H and O–H groups in total. The minimum atomic E-state index is -3.98. The summed E-state index contributed by atoms with van der Waals surface area (Å²) in [7, 11) is -2.63. The normalized spacial score (nSPS) is 24.1. The van der Waals surface area contributed by atoms with Crippen LogP contribution < -0.4 is 4.72 Å². The van der Waals surface area contributed by atoms with Gasteiger partial charge in [0, 0.05) is 13.0 Å². The predicted octanol–water partition coefficient (Wildman–Crippen LogP) is 0.493. The number of hydrogen-bond donors (Lipinski definition) is 1. The lowest BCUT2D eigenvalue weighted by molar-refractivity contribution is -0.770. The maximum absolute atomic E-state index is 12.2. The van der Waals surface area contributed by atoms with Crippen molar-refractivity contribution >= 4 is 15.9 Å². The molecule has 1 amide bonds. The Bertz CT molecular complexity index is 677. The van der Waals surface area contributed by atoms with Gasteiger partial charge in [-0.1, -0.05) is 18.2 Å². The minimum Gasteiger partial charge on any atom is -0.379 e. The number of carbonyl (C=O) groups excluding carboxylic acids is 1. The maximum Gasteiger partial charge on any atom is 0.294 e. The van der Waals surface area contributed by atoms with Crippen molar-refractivity contribution in [3.63, 3.8) is 0 Å². The Labute approximate surface area is 132 Å². The Balaban J connectivity index is 2.05. The van der Waals surface area contributed by atoms with Crippen molar-refractivity contribution in [3.8, 4) is 0 Å². The third-order valence-corrected chi connectivity index (χ3v) is 4.99. The fraction of sp³-hybridized carbons (Fsp3) is 0.462. The number of hydrogen-bond acceptors (Lipinski definition) is 7. The summed E-state index contributed by atoms with van der Waals surface area (Å²) in [4.78, 5) is 27.0. The van der Waals surface area contributed by atoms with Crippen molar-refractivity contribution in [2.75, 3.05) is 7.11 Å². The van der Waals surface area contributed by atoms with Crippen LogP contribution in [0.4, 0.5) is 0 Å². The van der Waals surface area contributed by atoms with Gasteiger partial charge in [0.05, 0.1) is 11.0 Å². The average molecular weight is 344 g/mol. The molecule has 2 rings (SSSR count). The van der Waals surface area contributed by atoms with E-state index in [1.807, 2.05) is 4.72 Å². The van der Waals surface area contributed by atoms with Gasteiger partial charge in [0.15, 0.2) is 0 Å². The summed E-state index contributed by atoms with van der Waals surface area (Å²) in [5.74, 6) is -1.48. The van der Waals surface area contributed by atoms with E-state index < -0.39 is 39.1 Å². The lowest BCUT2D eigenvalue weighted by Crippen LogP contribution is -2.35. The number of methoxy groups -OCH3 is 1. The molecule has 1 aromatic rings. The highest BCUT2D eigenvalue weighted by Crippen LogP contribution is 2.30. The molecule has 1 aliphatic rings. The molecule has 9 nitrogen and oxygen atoms in total. The quantitative estimate of drug-likeness (QED) is 0.588. The van der Waals surface area contributed by atoms with Gasteiger partial charge in [0.2, 0.25) is 5.91 Å². The maximum atomic E-state index is 12.2. The van der Waals surface area contributed by atoms with Crippen LogP contribution in [0.2, 0.25) is 0 Å². The Kier molecular flexibility index (Phi) is 5.16. The van der Waals surface area contributed by atoms with E-state index in [1.165, 1.54) is 31.4 Å². The number of amides is 1. The first-order valence-electron chi connectivity index (χ1n) is 6.79. The van der Waals surface area contributed by atoms with Crippen LogP contribution in [0.3, 0.4) is 0 Å². The molecule has 126 valence electrons. The molecule has 0 saturated heterocycles. The van der Waals surface area contributed by atoms with Gasteiger partial charge in [0.1, 0.15) is 6.10 Å². The van der Waals surface area contributed by atoms with Gasteiger partial charge in [-0.05, 0) is 25.0 Å². The molecule has 0 heterocycles. The summed E-state index contributed by atoms with van der Waals surface area (Å²) in [5, 5.41) is 9.49. The van der Waals surface area contributed by atoms with Gasteiger partial charge in [-0.2, -0.15) is 0 Å². The van der Waals surface area contributed by atoms with E-state index in [9.17, 15) is 23.3 Å². The summed E-state index contributed by atoms with van der Waals surface area (Å²) >= 11 is 0. The number of rotatable bonds is 6. The summed E-state index contributed by atoms with van der Waals surface area (Å²) in [6, 6.07) is 7.45. The van der Waals surface area contributed by atoms with Gasteiger partial charge in [0.25, 0.3) is 15.1 Å². The standard InChI is InChI=1S/C13H16N2O7S/c1-21-11-7-9(8-12(11)22-15(17)18)13(16)14-23(19,20)10-5-3-2-4-6-10/h2-6,9,11-12H,7-8H2,1H3,(H,14,16). The lowest BCUT2D eigenvalue weighted by Gasteiger charge is -2.14. The highest BCUT2D eigenvalue weighted by atomic mass is 32.2.